The lowest BCUT2D eigenvalue weighted by atomic mass is 9.99. The normalized spacial score (nSPS) is 19.0. The number of aliphatic imine (C=N–C) groups is 1. The lowest BCUT2D eigenvalue weighted by Gasteiger charge is -2.37. The van der Waals surface area contributed by atoms with Crippen LogP contribution in [0.1, 0.15) is 40.5 Å². The lowest BCUT2D eigenvalue weighted by molar-refractivity contribution is 0.0782. The first kappa shape index (κ1) is 20.0. The van der Waals surface area contributed by atoms with Gasteiger partial charge in [0.1, 0.15) is 0 Å². The van der Waals surface area contributed by atoms with E-state index in [0.717, 1.165) is 57.4 Å². The second-order valence-electron chi connectivity index (χ2n) is 6.24. The van der Waals surface area contributed by atoms with Crippen molar-refractivity contribution in [1.29, 1.82) is 0 Å². The molecule has 0 atom stereocenters. The molecule has 0 saturated carbocycles. The highest BCUT2D eigenvalue weighted by Gasteiger charge is 2.32. The highest BCUT2D eigenvalue weighted by Crippen LogP contribution is 2.34. The van der Waals surface area contributed by atoms with Crippen LogP contribution in [0.25, 0.3) is 0 Å². The van der Waals surface area contributed by atoms with Crippen LogP contribution in [0.5, 0.6) is 0 Å². The molecule has 0 aliphatic carbocycles. The van der Waals surface area contributed by atoms with Gasteiger partial charge in [0.15, 0.2) is 5.96 Å². The van der Waals surface area contributed by atoms with Gasteiger partial charge in [-0.2, -0.15) is 23.5 Å². The van der Waals surface area contributed by atoms with E-state index in [1.807, 2.05) is 11.8 Å². The third-order valence-electron chi connectivity index (χ3n) is 3.95. The predicted octanol–water partition coefficient (Wildman–Crippen LogP) is 2.99. The van der Waals surface area contributed by atoms with Crippen molar-refractivity contribution in [3.05, 3.63) is 0 Å². The van der Waals surface area contributed by atoms with Crippen molar-refractivity contribution in [3.8, 4) is 0 Å². The standard InChI is InChI=1S/C16H33N3OS2/c1-6-17-14(18-12-15(3,4)21-5)19-13-16(22-7-2)8-10-20-11-9-16/h6-13H2,1-5H3,(H2,17,18,19). The zero-order valence-corrected chi connectivity index (χ0v) is 16.5. The van der Waals surface area contributed by atoms with E-state index in [-0.39, 0.29) is 9.49 Å². The molecule has 1 rings (SSSR count). The van der Waals surface area contributed by atoms with E-state index in [0.29, 0.717) is 0 Å². The molecule has 6 heteroatoms. The Balaban J connectivity index is 2.63. The van der Waals surface area contributed by atoms with Crippen LogP contribution in [0.2, 0.25) is 0 Å². The maximum absolute atomic E-state index is 5.54. The topological polar surface area (TPSA) is 45.7 Å². The number of nitrogens with zero attached hydrogens (tertiary/aromatic N) is 1. The van der Waals surface area contributed by atoms with Crippen molar-refractivity contribution in [2.24, 2.45) is 4.99 Å². The summed E-state index contributed by atoms with van der Waals surface area (Å²) in [7, 11) is 0. The summed E-state index contributed by atoms with van der Waals surface area (Å²) < 4.78 is 6.01. The van der Waals surface area contributed by atoms with Gasteiger partial charge in [-0.15, -0.1) is 0 Å². The third kappa shape index (κ3) is 7.01. The van der Waals surface area contributed by atoms with E-state index >= 15 is 0 Å². The zero-order valence-electron chi connectivity index (χ0n) is 14.8. The molecule has 0 amide bonds. The molecule has 2 N–H and O–H groups in total. The maximum atomic E-state index is 5.54. The van der Waals surface area contributed by atoms with Crippen LogP contribution in [0.15, 0.2) is 4.99 Å². The van der Waals surface area contributed by atoms with Crippen molar-refractivity contribution in [3.63, 3.8) is 0 Å². The van der Waals surface area contributed by atoms with Gasteiger partial charge >= 0.3 is 0 Å². The highest BCUT2D eigenvalue weighted by atomic mass is 32.2. The summed E-state index contributed by atoms with van der Waals surface area (Å²) in [5.41, 5.74) is 0. The van der Waals surface area contributed by atoms with Crippen LogP contribution in [0, 0.1) is 0 Å². The second kappa shape index (κ2) is 9.93. The van der Waals surface area contributed by atoms with Crippen LogP contribution in [-0.4, -0.2) is 60.3 Å². The number of guanidine groups is 1. The van der Waals surface area contributed by atoms with Gasteiger partial charge in [0.05, 0.1) is 6.54 Å². The molecule has 0 unspecified atom stereocenters. The molecule has 4 nitrogen and oxygen atoms in total. The first-order valence-corrected chi connectivity index (χ1v) is 10.5. The van der Waals surface area contributed by atoms with Crippen LogP contribution in [0.3, 0.4) is 0 Å². The maximum Gasteiger partial charge on any atom is 0.191 e. The summed E-state index contributed by atoms with van der Waals surface area (Å²) in [6, 6.07) is 0. The third-order valence-corrected chi connectivity index (χ3v) is 6.64. The Labute approximate surface area is 145 Å². The SMILES string of the molecule is CCNC(=NCC(C)(C)SC)NCC1(SCC)CCOCC1. The fourth-order valence-corrected chi connectivity index (χ4v) is 3.78. The van der Waals surface area contributed by atoms with Crippen molar-refractivity contribution in [1.82, 2.24) is 10.6 Å². The van der Waals surface area contributed by atoms with Gasteiger partial charge in [-0.25, -0.2) is 0 Å². The molecule has 1 heterocycles. The molecule has 0 spiro atoms. The monoisotopic (exact) mass is 347 g/mol. The van der Waals surface area contributed by atoms with Crippen LogP contribution in [0.4, 0.5) is 0 Å². The Bertz CT molecular complexity index is 337. The number of hydrogen-bond acceptors (Lipinski definition) is 4. The average molecular weight is 348 g/mol. The number of hydrogen-bond donors (Lipinski definition) is 2. The predicted molar refractivity (Wildman–Crippen MR) is 102 cm³/mol. The van der Waals surface area contributed by atoms with E-state index < -0.39 is 0 Å². The van der Waals surface area contributed by atoms with Gasteiger partial charge in [0, 0.05) is 35.8 Å². The fraction of sp³-hybridized carbons (Fsp3) is 0.938. The summed E-state index contributed by atoms with van der Waals surface area (Å²) in [6.07, 6.45) is 4.38. The van der Waals surface area contributed by atoms with Gasteiger partial charge in [0.25, 0.3) is 0 Å². The average Bonchev–Trinajstić information content (AvgIpc) is 2.51. The summed E-state index contributed by atoms with van der Waals surface area (Å²) in [5.74, 6) is 2.08. The van der Waals surface area contributed by atoms with Gasteiger partial charge < -0.3 is 15.4 Å². The summed E-state index contributed by atoms with van der Waals surface area (Å²) in [6.45, 7) is 13.2. The molecule has 0 aromatic carbocycles. The quantitative estimate of drug-likeness (QED) is 0.522. The largest absolute Gasteiger partial charge is 0.381 e. The fourth-order valence-electron chi connectivity index (χ4n) is 2.34. The number of ether oxygens (including phenoxy) is 1. The van der Waals surface area contributed by atoms with Crippen LogP contribution < -0.4 is 10.6 Å². The van der Waals surface area contributed by atoms with Gasteiger partial charge in [-0.3, -0.25) is 4.99 Å². The van der Waals surface area contributed by atoms with Crippen LogP contribution >= 0.6 is 23.5 Å². The summed E-state index contributed by atoms with van der Waals surface area (Å²) in [5, 5.41) is 6.93. The Hall–Kier alpha value is -0.0700. The first-order chi connectivity index (χ1) is 10.5. The molecule has 0 aromatic rings. The van der Waals surface area contributed by atoms with Gasteiger partial charge in [-0.1, -0.05) is 6.92 Å². The molecule has 22 heavy (non-hydrogen) atoms. The minimum absolute atomic E-state index is 0.177. The first-order valence-electron chi connectivity index (χ1n) is 8.26. The number of nitrogens with one attached hydrogen (secondary N) is 2. The zero-order chi connectivity index (χ0) is 16.5. The minimum atomic E-state index is 0.177. The van der Waals surface area contributed by atoms with Crippen molar-refractivity contribution < 1.29 is 4.74 Å². The Kier molecular flexibility index (Phi) is 9.02. The van der Waals surface area contributed by atoms with Gasteiger partial charge in [-0.05, 0) is 45.6 Å². The summed E-state index contributed by atoms with van der Waals surface area (Å²) >= 11 is 3.92. The molecule has 1 aliphatic heterocycles. The molecule has 1 aliphatic rings. The van der Waals surface area contributed by atoms with E-state index in [4.69, 9.17) is 9.73 Å². The van der Waals surface area contributed by atoms with E-state index in [9.17, 15) is 0 Å². The van der Waals surface area contributed by atoms with Gasteiger partial charge in [0.2, 0.25) is 0 Å². The lowest BCUT2D eigenvalue weighted by Crippen LogP contribution is -2.48. The second-order valence-corrected chi connectivity index (χ2v) is 9.49. The molecule has 0 radical (unpaired) electrons. The van der Waals surface area contributed by atoms with Crippen molar-refractivity contribution in [2.45, 2.75) is 50.0 Å². The molecular weight excluding hydrogens is 314 g/mol. The van der Waals surface area contributed by atoms with Crippen LogP contribution in [-0.2, 0) is 4.74 Å². The number of thioether (sulfide) groups is 2. The Morgan fingerprint density at radius 2 is 1.91 bits per heavy atom. The summed E-state index contributed by atoms with van der Waals surface area (Å²) in [4.78, 5) is 4.76. The van der Waals surface area contributed by atoms with Crippen molar-refractivity contribution in [2.75, 3.05) is 44.9 Å². The smallest absolute Gasteiger partial charge is 0.191 e. The Morgan fingerprint density at radius 3 is 2.45 bits per heavy atom. The molecule has 1 fully saturated rings. The highest BCUT2D eigenvalue weighted by molar-refractivity contribution is 8.00. The molecule has 0 bridgehead atoms. The van der Waals surface area contributed by atoms with E-state index in [1.165, 1.54) is 0 Å². The minimum Gasteiger partial charge on any atom is -0.381 e. The Morgan fingerprint density at radius 1 is 1.23 bits per heavy atom. The number of rotatable bonds is 8. The molecule has 1 saturated heterocycles. The van der Waals surface area contributed by atoms with E-state index in [1.54, 1.807) is 0 Å². The molecule has 130 valence electrons. The van der Waals surface area contributed by atoms with Crippen molar-refractivity contribution >= 4 is 29.5 Å². The molecular formula is C16H33N3OS2. The molecule has 0 aromatic heterocycles. The van der Waals surface area contributed by atoms with E-state index in [2.05, 4.69) is 56.3 Å².